The average molecular weight is 246 g/mol. The van der Waals surface area contributed by atoms with Crippen molar-refractivity contribution in [1.82, 2.24) is 4.98 Å². The highest BCUT2D eigenvalue weighted by Crippen LogP contribution is 2.11. The first-order chi connectivity index (χ1) is 8.13. The zero-order valence-electron chi connectivity index (χ0n) is 9.86. The number of anilines is 1. The molecule has 0 saturated heterocycles. The first-order valence-corrected chi connectivity index (χ1v) is 6.29. The van der Waals surface area contributed by atoms with E-state index in [4.69, 9.17) is 0 Å². The van der Waals surface area contributed by atoms with E-state index in [1.165, 1.54) is 5.56 Å². The summed E-state index contributed by atoms with van der Waals surface area (Å²) >= 11 is 1.56. The molecule has 1 amide bonds. The molecule has 1 aromatic heterocycles. The van der Waals surface area contributed by atoms with Gasteiger partial charge in [0.15, 0.2) is 0 Å². The molecule has 1 heterocycles. The monoisotopic (exact) mass is 246 g/mol. The highest BCUT2D eigenvalue weighted by molar-refractivity contribution is 7.09. The molecule has 0 spiro atoms. The van der Waals surface area contributed by atoms with Crippen LogP contribution >= 0.6 is 11.3 Å². The fourth-order valence-corrected chi connectivity index (χ4v) is 2.11. The Balaban J connectivity index is 1.95. The van der Waals surface area contributed by atoms with Crippen LogP contribution in [0.5, 0.6) is 0 Å². The van der Waals surface area contributed by atoms with Gasteiger partial charge in [0, 0.05) is 11.1 Å². The van der Waals surface area contributed by atoms with Crippen LogP contribution in [0.4, 0.5) is 5.69 Å². The number of amides is 1. The third-order valence-corrected chi connectivity index (χ3v) is 3.17. The molecule has 17 heavy (non-hydrogen) atoms. The maximum absolute atomic E-state index is 11.7. The van der Waals surface area contributed by atoms with Crippen molar-refractivity contribution in [2.75, 3.05) is 5.32 Å². The summed E-state index contributed by atoms with van der Waals surface area (Å²) in [6.45, 7) is 3.95. The number of aryl methyl sites for hydroxylation is 2. The molecule has 0 unspecified atom stereocenters. The SMILES string of the molecule is Cc1ccc(NC(=O)Cc2csc(C)n2)cc1. The summed E-state index contributed by atoms with van der Waals surface area (Å²) in [4.78, 5) is 16.0. The number of hydrogen-bond acceptors (Lipinski definition) is 3. The van der Waals surface area contributed by atoms with Crippen molar-refractivity contribution >= 4 is 22.9 Å². The minimum absolute atomic E-state index is 0.0286. The summed E-state index contributed by atoms with van der Waals surface area (Å²) in [7, 11) is 0. The predicted octanol–water partition coefficient (Wildman–Crippen LogP) is 2.94. The third-order valence-electron chi connectivity index (χ3n) is 2.34. The maximum Gasteiger partial charge on any atom is 0.230 e. The molecular weight excluding hydrogens is 232 g/mol. The van der Waals surface area contributed by atoms with Gasteiger partial charge in [-0.25, -0.2) is 4.98 Å². The second-order valence-electron chi connectivity index (χ2n) is 3.95. The van der Waals surface area contributed by atoms with Crippen LogP contribution in [-0.2, 0) is 11.2 Å². The van der Waals surface area contributed by atoms with Gasteiger partial charge in [-0.15, -0.1) is 11.3 Å². The Morgan fingerprint density at radius 1 is 1.29 bits per heavy atom. The van der Waals surface area contributed by atoms with Crippen LogP contribution < -0.4 is 5.32 Å². The molecule has 1 N–H and O–H groups in total. The molecule has 4 heteroatoms. The largest absolute Gasteiger partial charge is 0.326 e. The Labute approximate surface area is 105 Å². The second kappa shape index (κ2) is 5.10. The predicted molar refractivity (Wildman–Crippen MR) is 70.4 cm³/mol. The Morgan fingerprint density at radius 3 is 2.59 bits per heavy atom. The molecule has 0 aliphatic heterocycles. The summed E-state index contributed by atoms with van der Waals surface area (Å²) in [6, 6.07) is 7.75. The quantitative estimate of drug-likeness (QED) is 0.904. The molecule has 88 valence electrons. The van der Waals surface area contributed by atoms with Crippen LogP contribution in [-0.4, -0.2) is 10.9 Å². The van der Waals surface area contributed by atoms with Crippen LogP contribution in [0.3, 0.4) is 0 Å². The Morgan fingerprint density at radius 2 is 2.00 bits per heavy atom. The van der Waals surface area contributed by atoms with E-state index in [2.05, 4.69) is 10.3 Å². The number of aromatic nitrogens is 1. The van der Waals surface area contributed by atoms with E-state index in [-0.39, 0.29) is 5.91 Å². The van der Waals surface area contributed by atoms with E-state index in [1.54, 1.807) is 11.3 Å². The first-order valence-electron chi connectivity index (χ1n) is 5.41. The van der Waals surface area contributed by atoms with E-state index in [0.717, 1.165) is 16.4 Å². The molecule has 0 saturated carbocycles. The molecule has 2 rings (SSSR count). The lowest BCUT2D eigenvalue weighted by molar-refractivity contribution is -0.115. The summed E-state index contributed by atoms with van der Waals surface area (Å²) in [5.41, 5.74) is 2.84. The molecule has 0 radical (unpaired) electrons. The van der Waals surface area contributed by atoms with E-state index < -0.39 is 0 Å². The minimum atomic E-state index is -0.0286. The van der Waals surface area contributed by atoms with Crippen LogP contribution in [0.1, 0.15) is 16.3 Å². The van der Waals surface area contributed by atoms with E-state index in [0.29, 0.717) is 6.42 Å². The van der Waals surface area contributed by atoms with Crippen molar-refractivity contribution in [2.45, 2.75) is 20.3 Å². The first kappa shape index (κ1) is 11.8. The summed E-state index contributed by atoms with van der Waals surface area (Å²) < 4.78 is 0. The smallest absolute Gasteiger partial charge is 0.230 e. The summed E-state index contributed by atoms with van der Waals surface area (Å²) in [6.07, 6.45) is 0.332. The van der Waals surface area contributed by atoms with Crippen LogP contribution in [0.2, 0.25) is 0 Å². The van der Waals surface area contributed by atoms with Crippen LogP contribution in [0.25, 0.3) is 0 Å². The zero-order chi connectivity index (χ0) is 12.3. The third kappa shape index (κ3) is 3.39. The molecule has 3 nitrogen and oxygen atoms in total. The zero-order valence-corrected chi connectivity index (χ0v) is 10.7. The normalized spacial score (nSPS) is 10.2. The van der Waals surface area contributed by atoms with Crippen molar-refractivity contribution in [3.63, 3.8) is 0 Å². The van der Waals surface area contributed by atoms with Gasteiger partial charge in [-0.2, -0.15) is 0 Å². The molecule has 1 aromatic carbocycles. The fourth-order valence-electron chi connectivity index (χ4n) is 1.50. The van der Waals surface area contributed by atoms with Gasteiger partial charge < -0.3 is 5.32 Å². The Hall–Kier alpha value is -1.68. The summed E-state index contributed by atoms with van der Waals surface area (Å²) in [5.74, 6) is -0.0286. The van der Waals surface area contributed by atoms with Gasteiger partial charge in [0.1, 0.15) is 0 Å². The van der Waals surface area contributed by atoms with Crippen molar-refractivity contribution < 1.29 is 4.79 Å². The number of rotatable bonds is 3. The van der Waals surface area contributed by atoms with Gasteiger partial charge in [0.05, 0.1) is 17.1 Å². The lowest BCUT2D eigenvalue weighted by atomic mass is 10.2. The van der Waals surface area contributed by atoms with Gasteiger partial charge >= 0.3 is 0 Å². The molecule has 0 atom stereocenters. The lowest BCUT2D eigenvalue weighted by Crippen LogP contribution is -2.14. The van der Waals surface area contributed by atoms with Crippen LogP contribution in [0, 0.1) is 13.8 Å². The van der Waals surface area contributed by atoms with Gasteiger partial charge in [0.2, 0.25) is 5.91 Å². The maximum atomic E-state index is 11.7. The number of nitrogens with zero attached hydrogens (tertiary/aromatic N) is 1. The number of carbonyl (C=O) groups excluding carboxylic acids is 1. The highest BCUT2D eigenvalue weighted by atomic mass is 32.1. The van der Waals surface area contributed by atoms with Gasteiger partial charge in [-0.05, 0) is 26.0 Å². The average Bonchev–Trinajstić information content (AvgIpc) is 2.67. The molecule has 0 aliphatic rings. The van der Waals surface area contributed by atoms with Crippen molar-refractivity contribution in [1.29, 1.82) is 0 Å². The number of nitrogens with one attached hydrogen (secondary N) is 1. The highest BCUT2D eigenvalue weighted by Gasteiger charge is 2.06. The van der Waals surface area contributed by atoms with Gasteiger partial charge in [-0.3, -0.25) is 4.79 Å². The van der Waals surface area contributed by atoms with Gasteiger partial charge in [0.25, 0.3) is 0 Å². The molecule has 0 bridgehead atoms. The standard InChI is InChI=1S/C13H14N2OS/c1-9-3-5-11(6-4-9)15-13(16)7-12-8-17-10(2)14-12/h3-6,8H,7H2,1-2H3,(H,15,16). The van der Waals surface area contributed by atoms with E-state index in [1.807, 2.05) is 43.5 Å². The number of benzene rings is 1. The Kier molecular flexibility index (Phi) is 3.54. The Bertz CT molecular complexity index is 516. The van der Waals surface area contributed by atoms with Crippen molar-refractivity contribution in [3.05, 3.63) is 45.9 Å². The van der Waals surface area contributed by atoms with Crippen molar-refractivity contribution in [3.8, 4) is 0 Å². The van der Waals surface area contributed by atoms with Crippen molar-refractivity contribution in [2.24, 2.45) is 0 Å². The minimum Gasteiger partial charge on any atom is -0.326 e. The number of carbonyl (C=O) groups is 1. The second-order valence-corrected chi connectivity index (χ2v) is 5.01. The molecular formula is C13H14N2OS. The molecule has 2 aromatic rings. The number of hydrogen-bond donors (Lipinski definition) is 1. The molecule has 0 aliphatic carbocycles. The van der Waals surface area contributed by atoms with Gasteiger partial charge in [-0.1, -0.05) is 17.7 Å². The van der Waals surface area contributed by atoms with E-state index in [9.17, 15) is 4.79 Å². The summed E-state index contributed by atoms with van der Waals surface area (Å²) in [5, 5.41) is 5.76. The lowest BCUT2D eigenvalue weighted by Gasteiger charge is -2.04. The fraction of sp³-hybridized carbons (Fsp3) is 0.231. The molecule has 0 fully saturated rings. The van der Waals surface area contributed by atoms with Crippen LogP contribution in [0.15, 0.2) is 29.6 Å². The number of thiazole rings is 1. The van der Waals surface area contributed by atoms with E-state index >= 15 is 0 Å². The topological polar surface area (TPSA) is 42.0 Å².